The Labute approximate surface area is 148 Å². The lowest BCUT2D eigenvalue weighted by molar-refractivity contribution is 0.126. The molecule has 0 unspecified atom stereocenters. The average molecular weight is 342 g/mol. The van der Waals surface area contributed by atoms with E-state index in [4.69, 9.17) is 0 Å². The summed E-state index contributed by atoms with van der Waals surface area (Å²) < 4.78 is 0. The Morgan fingerprint density at radius 3 is 2.60 bits per heavy atom. The lowest BCUT2D eigenvalue weighted by Gasteiger charge is -2.27. The van der Waals surface area contributed by atoms with E-state index in [1.165, 1.54) is 0 Å². The minimum Gasteiger partial charge on any atom is -0.393 e. The van der Waals surface area contributed by atoms with Crippen LogP contribution in [0.3, 0.4) is 0 Å². The summed E-state index contributed by atoms with van der Waals surface area (Å²) in [7, 11) is 0. The molecular formula is C18H26N6O. The van der Waals surface area contributed by atoms with Gasteiger partial charge in [0.2, 0.25) is 5.95 Å². The van der Waals surface area contributed by atoms with Gasteiger partial charge in [0.15, 0.2) is 5.82 Å². The molecule has 0 saturated heterocycles. The number of nitrogens with one attached hydrogen (secondary N) is 2. The van der Waals surface area contributed by atoms with Gasteiger partial charge in [0.05, 0.1) is 11.7 Å². The first-order valence-electron chi connectivity index (χ1n) is 9.09. The molecule has 1 aliphatic rings. The zero-order valence-corrected chi connectivity index (χ0v) is 14.6. The van der Waals surface area contributed by atoms with E-state index in [1.807, 2.05) is 0 Å². The second-order valence-electron chi connectivity index (χ2n) is 6.46. The highest BCUT2D eigenvalue weighted by Crippen LogP contribution is 2.27. The quantitative estimate of drug-likeness (QED) is 0.666. The molecule has 1 fully saturated rings. The standard InChI is InChI=1S/C18H26N6O/c1-2-3-9-21-18-22-12-15(16-19-10-4-11-20-16)17(24-18)23-13-5-7-14(25)8-6-13/h4,10-14,25H,2-3,5-9H2,1H3,(H2,21,22,23,24). The summed E-state index contributed by atoms with van der Waals surface area (Å²) in [6.07, 6.45) is 10.7. The minimum absolute atomic E-state index is 0.174. The highest BCUT2D eigenvalue weighted by molar-refractivity contribution is 5.70. The number of hydrogen-bond donors (Lipinski definition) is 3. The number of aromatic nitrogens is 4. The summed E-state index contributed by atoms with van der Waals surface area (Å²) in [6.45, 7) is 3.01. The van der Waals surface area contributed by atoms with Crippen molar-refractivity contribution < 1.29 is 5.11 Å². The Bertz CT molecular complexity index is 658. The molecule has 3 N–H and O–H groups in total. The van der Waals surface area contributed by atoms with E-state index in [0.717, 1.165) is 56.5 Å². The predicted molar refractivity (Wildman–Crippen MR) is 98.3 cm³/mol. The van der Waals surface area contributed by atoms with Gasteiger partial charge in [0, 0.05) is 31.2 Å². The van der Waals surface area contributed by atoms with Gasteiger partial charge in [-0.1, -0.05) is 13.3 Å². The Morgan fingerprint density at radius 2 is 1.88 bits per heavy atom. The van der Waals surface area contributed by atoms with Crippen molar-refractivity contribution in [2.24, 2.45) is 0 Å². The van der Waals surface area contributed by atoms with Gasteiger partial charge in [-0.05, 0) is 38.2 Å². The van der Waals surface area contributed by atoms with Crippen molar-refractivity contribution in [2.75, 3.05) is 17.2 Å². The maximum absolute atomic E-state index is 9.71. The van der Waals surface area contributed by atoms with E-state index < -0.39 is 0 Å². The molecule has 2 heterocycles. The van der Waals surface area contributed by atoms with E-state index in [9.17, 15) is 5.11 Å². The minimum atomic E-state index is -0.174. The summed E-state index contributed by atoms with van der Waals surface area (Å²) in [4.78, 5) is 17.7. The molecule has 0 bridgehead atoms. The first-order valence-corrected chi connectivity index (χ1v) is 9.09. The number of aliphatic hydroxyl groups excluding tert-OH is 1. The molecule has 3 rings (SSSR count). The van der Waals surface area contributed by atoms with Crippen LogP contribution in [-0.2, 0) is 0 Å². The van der Waals surface area contributed by atoms with E-state index in [2.05, 4.69) is 37.5 Å². The molecule has 0 radical (unpaired) electrons. The maximum atomic E-state index is 9.71. The SMILES string of the molecule is CCCCNc1ncc(-c2ncccn2)c(NC2CCC(O)CC2)n1. The van der Waals surface area contributed by atoms with Crippen molar-refractivity contribution in [3.63, 3.8) is 0 Å². The second-order valence-corrected chi connectivity index (χ2v) is 6.46. The Kier molecular flexibility index (Phi) is 6.11. The van der Waals surface area contributed by atoms with Gasteiger partial charge in [0.1, 0.15) is 5.82 Å². The number of aliphatic hydroxyl groups is 1. The molecule has 1 aliphatic carbocycles. The first-order chi connectivity index (χ1) is 12.3. The van der Waals surface area contributed by atoms with Crippen molar-refractivity contribution in [1.29, 1.82) is 0 Å². The summed E-state index contributed by atoms with van der Waals surface area (Å²) >= 11 is 0. The van der Waals surface area contributed by atoms with Crippen molar-refractivity contribution in [2.45, 2.75) is 57.6 Å². The fourth-order valence-electron chi connectivity index (χ4n) is 2.97. The van der Waals surface area contributed by atoms with Crippen LogP contribution in [0.25, 0.3) is 11.4 Å². The molecule has 7 nitrogen and oxygen atoms in total. The molecule has 2 aromatic rings. The number of anilines is 2. The summed E-state index contributed by atoms with van der Waals surface area (Å²) in [5.74, 6) is 1.98. The van der Waals surface area contributed by atoms with Crippen molar-refractivity contribution in [3.8, 4) is 11.4 Å². The Balaban J connectivity index is 1.81. The summed E-state index contributed by atoms with van der Waals surface area (Å²) in [6, 6.07) is 2.09. The number of unbranched alkanes of at least 4 members (excludes halogenated alkanes) is 1. The topological polar surface area (TPSA) is 95.9 Å². The number of nitrogens with zero attached hydrogens (tertiary/aromatic N) is 4. The monoisotopic (exact) mass is 342 g/mol. The molecule has 1 saturated carbocycles. The summed E-state index contributed by atoms with van der Waals surface area (Å²) in [5, 5.41) is 16.5. The van der Waals surface area contributed by atoms with E-state index in [-0.39, 0.29) is 6.10 Å². The largest absolute Gasteiger partial charge is 0.393 e. The zero-order valence-electron chi connectivity index (χ0n) is 14.6. The van der Waals surface area contributed by atoms with Crippen LogP contribution in [-0.4, -0.2) is 43.7 Å². The highest BCUT2D eigenvalue weighted by atomic mass is 16.3. The smallest absolute Gasteiger partial charge is 0.224 e. The van der Waals surface area contributed by atoms with Gasteiger partial charge < -0.3 is 15.7 Å². The maximum Gasteiger partial charge on any atom is 0.224 e. The molecule has 0 spiro atoms. The van der Waals surface area contributed by atoms with Gasteiger partial charge in [-0.25, -0.2) is 15.0 Å². The van der Waals surface area contributed by atoms with Crippen molar-refractivity contribution in [1.82, 2.24) is 19.9 Å². The van der Waals surface area contributed by atoms with Crippen LogP contribution in [0.5, 0.6) is 0 Å². The van der Waals surface area contributed by atoms with Gasteiger partial charge >= 0.3 is 0 Å². The van der Waals surface area contributed by atoms with Crippen LogP contribution < -0.4 is 10.6 Å². The van der Waals surface area contributed by atoms with E-state index in [1.54, 1.807) is 24.7 Å². The first kappa shape index (κ1) is 17.5. The van der Waals surface area contributed by atoms with Crippen LogP contribution in [0, 0.1) is 0 Å². The zero-order chi connectivity index (χ0) is 17.5. The third-order valence-corrected chi connectivity index (χ3v) is 4.45. The second kappa shape index (κ2) is 8.71. The summed E-state index contributed by atoms with van der Waals surface area (Å²) in [5.41, 5.74) is 0.799. The molecule has 134 valence electrons. The molecule has 0 aromatic carbocycles. The lowest BCUT2D eigenvalue weighted by atomic mass is 9.93. The number of hydrogen-bond acceptors (Lipinski definition) is 7. The van der Waals surface area contributed by atoms with Gasteiger partial charge in [0.25, 0.3) is 0 Å². The average Bonchev–Trinajstić information content (AvgIpc) is 2.65. The fraction of sp³-hybridized carbons (Fsp3) is 0.556. The van der Waals surface area contributed by atoms with E-state index >= 15 is 0 Å². The van der Waals surface area contributed by atoms with Crippen molar-refractivity contribution >= 4 is 11.8 Å². The van der Waals surface area contributed by atoms with Crippen LogP contribution in [0.2, 0.25) is 0 Å². The third-order valence-electron chi connectivity index (χ3n) is 4.45. The van der Waals surface area contributed by atoms with Gasteiger partial charge in [-0.2, -0.15) is 4.98 Å². The fourth-order valence-corrected chi connectivity index (χ4v) is 2.97. The molecule has 7 heteroatoms. The Hall–Kier alpha value is -2.28. The molecular weight excluding hydrogens is 316 g/mol. The predicted octanol–water partition coefficient (Wildman–Crippen LogP) is 2.86. The molecule has 2 aromatic heterocycles. The van der Waals surface area contributed by atoms with Crippen LogP contribution in [0.1, 0.15) is 45.4 Å². The molecule has 0 amide bonds. The number of rotatable bonds is 7. The van der Waals surface area contributed by atoms with Crippen molar-refractivity contribution in [3.05, 3.63) is 24.7 Å². The lowest BCUT2D eigenvalue weighted by Crippen LogP contribution is -2.29. The van der Waals surface area contributed by atoms with Gasteiger partial charge in [-0.15, -0.1) is 0 Å². The van der Waals surface area contributed by atoms with E-state index in [0.29, 0.717) is 17.8 Å². The normalized spacial score (nSPS) is 20.2. The third kappa shape index (κ3) is 4.85. The van der Waals surface area contributed by atoms with Crippen LogP contribution >= 0.6 is 0 Å². The molecule has 0 aliphatic heterocycles. The van der Waals surface area contributed by atoms with Crippen LogP contribution in [0.4, 0.5) is 11.8 Å². The molecule has 25 heavy (non-hydrogen) atoms. The molecule has 0 atom stereocenters. The van der Waals surface area contributed by atoms with Gasteiger partial charge in [-0.3, -0.25) is 0 Å². The van der Waals surface area contributed by atoms with Crippen LogP contribution in [0.15, 0.2) is 24.7 Å². The Morgan fingerprint density at radius 1 is 1.12 bits per heavy atom. The highest BCUT2D eigenvalue weighted by Gasteiger charge is 2.21.